The van der Waals surface area contributed by atoms with E-state index >= 15 is 0 Å². The molecule has 1 N–H and O–H groups in total. The van der Waals surface area contributed by atoms with Gasteiger partial charge in [-0.1, -0.05) is 11.8 Å². The van der Waals surface area contributed by atoms with E-state index in [4.69, 9.17) is 14.6 Å². The van der Waals surface area contributed by atoms with Gasteiger partial charge in [0.15, 0.2) is 11.5 Å². The maximum absolute atomic E-state index is 10.7. The number of hydrogen-bond donors (Lipinski definition) is 1. The van der Waals surface area contributed by atoms with Crippen LogP contribution in [0.15, 0.2) is 17.4 Å². The molecule has 0 aliphatic rings. The summed E-state index contributed by atoms with van der Waals surface area (Å²) in [6.45, 7) is -0.294. The first-order valence-corrected chi connectivity index (χ1v) is 6.81. The zero-order valence-corrected chi connectivity index (χ0v) is 12.2. The molecule has 2 aromatic heterocycles. The Morgan fingerprint density at radius 1 is 1.43 bits per heavy atom. The third-order valence-electron chi connectivity index (χ3n) is 2.49. The molecule has 0 atom stereocenters. The Balaban J connectivity index is 2.13. The van der Waals surface area contributed by atoms with Gasteiger partial charge in [0.2, 0.25) is 5.16 Å². The Kier molecular flexibility index (Phi) is 4.93. The number of carbonyl (C=O) groups is 1. The van der Waals surface area contributed by atoms with Crippen molar-refractivity contribution in [1.29, 1.82) is 0 Å². The van der Waals surface area contributed by atoms with Gasteiger partial charge in [-0.2, -0.15) is 0 Å². The number of pyridine rings is 1. The zero-order valence-electron chi connectivity index (χ0n) is 11.4. The number of carboxylic acid groups (broad SMARTS) is 1. The Morgan fingerprint density at radius 3 is 2.90 bits per heavy atom. The molecule has 0 amide bonds. The van der Waals surface area contributed by atoms with Crippen LogP contribution in [0.1, 0.15) is 5.69 Å². The topological polar surface area (TPSA) is 112 Å². The smallest absolute Gasteiger partial charge is 0.325 e. The number of aromatic nitrogens is 5. The third kappa shape index (κ3) is 3.60. The second-order valence-electron chi connectivity index (χ2n) is 3.79. The van der Waals surface area contributed by atoms with Gasteiger partial charge in [-0.3, -0.25) is 9.78 Å². The van der Waals surface area contributed by atoms with Crippen LogP contribution in [0.25, 0.3) is 0 Å². The van der Waals surface area contributed by atoms with Crippen molar-refractivity contribution in [2.24, 2.45) is 0 Å². The van der Waals surface area contributed by atoms with Crippen LogP contribution in [0.3, 0.4) is 0 Å². The third-order valence-corrected chi connectivity index (χ3v) is 3.46. The largest absolute Gasteiger partial charge is 0.493 e. The zero-order chi connectivity index (χ0) is 15.2. The summed E-state index contributed by atoms with van der Waals surface area (Å²) in [4.78, 5) is 14.9. The standard InChI is InChI=1S/C11H13N5O4S/c1-19-8-3-4-12-7(10(8)20-2)6-21-11-13-14-15-16(11)5-9(17)18/h3-4H,5-6H2,1-2H3,(H,17,18). The van der Waals surface area contributed by atoms with E-state index in [1.54, 1.807) is 19.4 Å². The summed E-state index contributed by atoms with van der Waals surface area (Å²) < 4.78 is 11.7. The molecule has 0 aliphatic carbocycles. The molecule has 2 rings (SSSR count). The Bertz CT molecular complexity index is 633. The van der Waals surface area contributed by atoms with Crippen LogP contribution in [-0.4, -0.2) is 50.5 Å². The van der Waals surface area contributed by atoms with E-state index in [1.807, 2.05) is 0 Å². The van der Waals surface area contributed by atoms with Crippen molar-refractivity contribution in [3.63, 3.8) is 0 Å². The van der Waals surface area contributed by atoms with Crippen LogP contribution in [0.2, 0.25) is 0 Å². The van der Waals surface area contributed by atoms with Crippen LogP contribution in [0.5, 0.6) is 11.5 Å². The summed E-state index contributed by atoms with van der Waals surface area (Å²) >= 11 is 1.26. The predicted octanol–water partition coefficient (Wildman–Crippen LogP) is 0.462. The van der Waals surface area contributed by atoms with Crippen molar-refractivity contribution >= 4 is 17.7 Å². The SMILES string of the molecule is COc1ccnc(CSc2nnnn2CC(=O)O)c1OC. The number of thioether (sulfide) groups is 1. The van der Waals surface area contributed by atoms with E-state index in [0.717, 1.165) is 0 Å². The maximum atomic E-state index is 10.7. The minimum atomic E-state index is -1.01. The molecule has 2 heterocycles. The average molecular weight is 311 g/mol. The Hall–Kier alpha value is -2.36. The Labute approximate surface area is 124 Å². The van der Waals surface area contributed by atoms with Gasteiger partial charge in [0, 0.05) is 18.0 Å². The highest BCUT2D eigenvalue weighted by molar-refractivity contribution is 7.98. The first-order valence-electron chi connectivity index (χ1n) is 5.82. The maximum Gasteiger partial charge on any atom is 0.325 e. The summed E-state index contributed by atoms with van der Waals surface area (Å²) in [5.74, 6) is 0.514. The van der Waals surface area contributed by atoms with E-state index in [2.05, 4.69) is 20.5 Å². The number of tetrazole rings is 1. The molecule has 112 valence electrons. The summed E-state index contributed by atoms with van der Waals surface area (Å²) in [7, 11) is 3.07. The lowest BCUT2D eigenvalue weighted by atomic mass is 10.3. The number of aliphatic carboxylic acids is 1. The highest BCUT2D eigenvalue weighted by Crippen LogP contribution is 2.32. The summed E-state index contributed by atoms with van der Waals surface area (Å²) in [6.07, 6.45) is 1.61. The van der Waals surface area contributed by atoms with Crippen molar-refractivity contribution in [3.05, 3.63) is 18.0 Å². The minimum Gasteiger partial charge on any atom is -0.493 e. The highest BCUT2D eigenvalue weighted by Gasteiger charge is 2.15. The van der Waals surface area contributed by atoms with E-state index in [-0.39, 0.29) is 6.54 Å². The molecule has 0 spiro atoms. The predicted molar refractivity (Wildman–Crippen MR) is 72.4 cm³/mol. The van der Waals surface area contributed by atoms with Crippen molar-refractivity contribution in [2.45, 2.75) is 17.5 Å². The Morgan fingerprint density at radius 2 is 2.24 bits per heavy atom. The molecule has 0 radical (unpaired) electrons. The van der Waals surface area contributed by atoms with Crippen molar-refractivity contribution in [2.75, 3.05) is 14.2 Å². The normalized spacial score (nSPS) is 10.4. The van der Waals surface area contributed by atoms with Crippen LogP contribution < -0.4 is 9.47 Å². The first-order chi connectivity index (χ1) is 10.2. The van der Waals surface area contributed by atoms with E-state index in [9.17, 15) is 4.79 Å². The first kappa shape index (κ1) is 15.0. The number of carboxylic acids is 1. The number of rotatable bonds is 7. The van der Waals surface area contributed by atoms with Gasteiger partial charge in [-0.15, -0.1) is 5.10 Å². The van der Waals surface area contributed by atoms with E-state index < -0.39 is 5.97 Å². The lowest BCUT2D eigenvalue weighted by Gasteiger charge is -2.10. The fraction of sp³-hybridized carbons (Fsp3) is 0.364. The highest BCUT2D eigenvalue weighted by atomic mass is 32.2. The van der Waals surface area contributed by atoms with E-state index in [1.165, 1.54) is 23.6 Å². The van der Waals surface area contributed by atoms with Gasteiger partial charge < -0.3 is 14.6 Å². The molecule has 21 heavy (non-hydrogen) atoms. The molecule has 0 saturated heterocycles. The number of ether oxygens (including phenoxy) is 2. The number of hydrogen-bond acceptors (Lipinski definition) is 8. The van der Waals surface area contributed by atoms with Crippen LogP contribution in [0, 0.1) is 0 Å². The molecular formula is C11H13N5O4S. The lowest BCUT2D eigenvalue weighted by Crippen LogP contribution is -2.11. The molecular weight excluding hydrogens is 298 g/mol. The van der Waals surface area contributed by atoms with Gasteiger partial charge in [0.1, 0.15) is 6.54 Å². The molecule has 0 bridgehead atoms. The van der Waals surface area contributed by atoms with Gasteiger partial charge in [0.05, 0.1) is 19.9 Å². The van der Waals surface area contributed by atoms with Crippen molar-refractivity contribution < 1.29 is 19.4 Å². The monoisotopic (exact) mass is 311 g/mol. The molecule has 0 saturated carbocycles. The summed E-state index contributed by atoms with van der Waals surface area (Å²) in [5, 5.41) is 20.0. The van der Waals surface area contributed by atoms with Crippen LogP contribution in [0.4, 0.5) is 0 Å². The van der Waals surface area contributed by atoms with Crippen LogP contribution in [-0.2, 0) is 17.1 Å². The quantitative estimate of drug-likeness (QED) is 0.728. The van der Waals surface area contributed by atoms with Gasteiger partial charge in [-0.05, 0) is 10.4 Å². The molecule has 0 aromatic carbocycles. The molecule has 0 fully saturated rings. The minimum absolute atomic E-state index is 0.294. The summed E-state index contributed by atoms with van der Waals surface area (Å²) in [5.41, 5.74) is 0.659. The molecule has 2 aromatic rings. The van der Waals surface area contributed by atoms with E-state index in [0.29, 0.717) is 28.1 Å². The van der Waals surface area contributed by atoms with Gasteiger partial charge in [0.25, 0.3) is 0 Å². The van der Waals surface area contributed by atoms with Gasteiger partial charge in [-0.25, -0.2) is 4.68 Å². The molecule has 10 heteroatoms. The second kappa shape index (κ2) is 6.88. The number of methoxy groups -OCH3 is 2. The molecule has 0 aliphatic heterocycles. The second-order valence-corrected chi connectivity index (χ2v) is 4.74. The van der Waals surface area contributed by atoms with Crippen molar-refractivity contribution in [3.8, 4) is 11.5 Å². The molecule has 0 unspecified atom stereocenters. The van der Waals surface area contributed by atoms with Crippen molar-refractivity contribution in [1.82, 2.24) is 25.2 Å². The van der Waals surface area contributed by atoms with Gasteiger partial charge >= 0.3 is 5.97 Å². The summed E-state index contributed by atoms with van der Waals surface area (Å²) in [6, 6.07) is 1.70. The lowest BCUT2D eigenvalue weighted by molar-refractivity contribution is -0.138. The number of nitrogens with zero attached hydrogens (tertiary/aromatic N) is 5. The molecule has 9 nitrogen and oxygen atoms in total. The fourth-order valence-corrected chi connectivity index (χ4v) is 2.43. The van der Waals surface area contributed by atoms with Crippen LogP contribution >= 0.6 is 11.8 Å². The average Bonchev–Trinajstić information content (AvgIpc) is 2.90. The fourth-order valence-electron chi connectivity index (χ4n) is 1.61.